The average Bonchev–Trinajstić information content (AvgIpc) is 3.34. The van der Waals surface area contributed by atoms with Crippen molar-refractivity contribution in [1.29, 1.82) is 0 Å². The van der Waals surface area contributed by atoms with Gasteiger partial charge in [0.05, 0.1) is 24.5 Å². The lowest BCUT2D eigenvalue weighted by molar-refractivity contribution is 0.572. The van der Waals surface area contributed by atoms with E-state index in [0.29, 0.717) is 19.0 Å². The van der Waals surface area contributed by atoms with Gasteiger partial charge < -0.3 is 20.0 Å². The van der Waals surface area contributed by atoms with E-state index in [-0.39, 0.29) is 0 Å². The van der Waals surface area contributed by atoms with Crippen LogP contribution in [0.4, 0.5) is 5.13 Å². The van der Waals surface area contributed by atoms with Crippen LogP contribution in [0.3, 0.4) is 0 Å². The molecule has 0 saturated carbocycles. The Morgan fingerprint density at radius 2 is 1.93 bits per heavy atom. The van der Waals surface area contributed by atoms with E-state index in [1.807, 2.05) is 55.6 Å². The van der Waals surface area contributed by atoms with Crippen molar-refractivity contribution in [3.63, 3.8) is 0 Å². The van der Waals surface area contributed by atoms with E-state index in [9.17, 15) is 0 Å². The van der Waals surface area contributed by atoms with Crippen molar-refractivity contribution in [3.05, 3.63) is 52.9 Å². The van der Waals surface area contributed by atoms with Crippen LogP contribution >= 0.6 is 11.3 Å². The molecule has 0 aliphatic carbocycles. The van der Waals surface area contributed by atoms with Gasteiger partial charge in [0.25, 0.3) is 0 Å². The maximum absolute atomic E-state index is 5.61. The zero-order valence-electron chi connectivity index (χ0n) is 16.7. The molecule has 28 heavy (non-hydrogen) atoms. The van der Waals surface area contributed by atoms with Gasteiger partial charge in [-0.15, -0.1) is 11.3 Å². The van der Waals surface area contributed by atoms with Gasteiger partial charge in [0.2, 0.25) is 5.89 Å². The number of benzene rings is 1. The number of rotatable bonds is 7. The summed E-state index contributed by atoms with van der Waals surface area (Å²) in [4.78, 5) is 15.7. The fourth-order valence-corrected chi connectivity index (χ4v) is 3.22. The highest BCUT2D eigenvalue weighted by molar-refractivity contribution is 7.13. The number of nitrogens with zero attached hydrogens (tertiary/aromatic N) is 4. The second-order valence-corrected chi connectivity index (χ2v) is 7.41. The molecule has 7 nitrogen and oxygen atoms in total. The Balaban J connectivity index is 1.60. The molecule has 0 fully saturated rings. The molecule has 0 aliphatic heterocycles. The number of guanidine groups is 1. The summed E-state index contributed by atoms with van der Waals surface area (Å²) in [6.45, 7) is 5.92. The molecule has 0 radical (unpaired) electrons. The first kappa shape index (κ1) is 19.9. The topological polar surface area (TPSA) is 78.6 Å². The minimum atomic E-state index is 0.521. The molecule has 3 rings (SSSR count). The van der Waals surface area contributed by atoms with Gasteiger partial charge in [-0.3, -0.25) is 0 Å². The quantitative estimate of drug-likeness (QED) is 0.469. The maximum atomic E-state index is 5.61. The summed E-state index contributed by atoms with van der Waals surface area (Å²) in [5.41, 5.74) is 3.96. The monoisotopic (exact) mass is 398 g/mol. The predicted molar refractivity (Wildman–Crippen MR) is 115 cm³/mol. The lowest BCUT2D eigenvalue weighted by Gasteiger charge is -2.09. The standard InChI is InChI=1S/C20H26N6OS/c1-5-21-19(23-11-17-13-28-20(25-17)26(3)4)22-10-16-12-27-18(24-16)15-8-6-14(2)7-9-15/h6-9,12-13H,5,10-11H2,1-4H3,(H2,21,22,23). The second-order valence-electron chi connectivity index (χ2n) is 6.57. The first-order chi connectivity index (χ1) is 13.5. The molecule has 3 aromatic rings. The van der Waals surface area contributed by atoms with Crippen molar-refractivity contribution < 1.29 is 4.42 Å². The molecule has 2 heterocycles. The van der Waals surface area contributed by atoms with Crippen LogP contribution in [0.1, 0.15) is 23.9 Å². The Bertz CT molecular complexity index is 913. The summed E-state index contributed by atoms with van der Waals surface area (Å²) in [7, 11) is 3.97. The lowest BCUT2D eigenvalue weighted by atomic mass is 10.1. The van der Waals surface area contributed by atoms with Gasteiger partial charge in [-0.1, -0.05) is 17.7 Å². The van der Waals surface area contributed by atoms with Gasteiger partial charge in [-0.2, -0.15) is 0 Å². The molecule has 0 aliphatic rings. The van der Waals surface area contributed by atoms with Crippen molar-refractivity contribution in [1.82, 2.24) is 20.6 Å². The highest BCUT2D eigenvalue weighted by Crippen LogP contribution is 2.19. The molecule has 0 bridgehead atoms. The third kappa shape index (κ3) is 5.32. The van der Waals surface area contributed by atoms with Crippen molar-refractivity contribution >= 4 is 22.4 Å². The summed E-state index contributed by atoms with van der Waals surface area (Å²) < 4.78 is 5.61. The molecule has 148 valence electrons. The lowest BCUT2D eigenvalue weighted by Crippen LogP contribution is -2.36. The van der Waals surface area contributed by atoms with Crippen LogP contribution < -0.4 is 15.5 Å². The summed E-state index contributed by atoms with van der Waals surface area (Å²) in [5, 5.41) is 9.55. The third-order valence-corrected chi connectivity index (χ3v) is 5.01. The number of hydrogen-bond donors (Lipinski definition) is 2. The molecule has 2 aromatic heterocycles. The molecule has 2 N–H and O–H groups in total. The molecule has 0 spiro atoms. The predicted octanol–water partition coefficient (Wildman–Crippen LogP) is 3.43. The van der Waals surface area contributed by atoms with Crippen LogP contribution in [0, 0.1) is 6.92 Å². The maximum Gasteiger partial charge on any atom is 0.226 e. The number of aryl methyl sites for hydroxylation is 1. The van der Waals surface area contributed by atoms with Crippen LogP contribution in [0.5, 0.6) is 0 Å². The van der Waals surface area contributed by atoms with Gasteiger partial charge in [-0.05, 0) is 26.0 Å². The second kappa shape index (κ2) is 9.36. The first-order valence-electron chi connectivity index (χ1n) is 9.20. The fourth-order valence-electron chi connectivity index (χ4n) is 2.47. The number of hydrogen-bond acceptors (Lipinski definition) is 6. The molecule has 0 unspecified atom stereocenters. The number of aliphatic imine (C=N–C) groups is 1. The van der Waals surface area contributed by atoms with E-state index < -0.39 is 0 Å². The van der Waals surface area contributed by atoms with Crippen LogP contribution in [-0.4, -0.2) is 36.6 Å². The van der Waals surface area contributed by atoms with E-state index in [1.54, 1.807) is 17.6 Å². The van der Waals surface area contributed by atoms with Crippen molar-refractivity contribution in [2.45, 2.75) is 26.9 Å². The summed E-state index contributed by atoms with van der Waals surface area (Å²) in [6.07, 6.45) is 1.68. The Morgan fingerprint density at radius 3 is 2.61 bits per heavy atom. The number of thiazole rings is 1. The Kier molecular flexibility index (Phi) is 6.65. The third-order valence-electron chi connectivity index (χ3n) is 3.95. The van der Waals surface area contributed by atoms with E-state index >= 15 is 0 Å². The molecule has 8 heteroatoms. The average molecular weight is 399 g/mol. The highest BCUT2D eigenvalue weighted by Gasteiger charge is 2.08. The first-order valence-corrected chi connectivity index (χ1v) is 10.1. The number of anilines is 1. The number of oxazole rings is 1. The zero-order chi connectivity index (χ0) is 19.9. The van der Waals surface area contributed by atoms with Crippen molar-refractivity contribution in [3.8, 4) is 11.5 Å². The smallest absolute Gasteiger partial charge is 0.226 e. The van der Waals surface area contributed by atoms with E-state index in [2.05, 4.69) is 32.5 Å². The molecule has 1 aromatic carbocycles. The Labute approximate surface area is 169 Å². The molecular formula is C20H26N6OS. The number of aromatic nitrogens is 2. The molecule has 0 atom stereocenters. The number of nitrogens with one attached hydrogen (secondary N) is 2. The van der Waals surface area contributed by atoms with Crippen molar-refractivity contribution in [2.75, 3.05) is 25.5 Å². The van der Waals surface area contributed by atoms with Crippen molar-refractivity contribution in [2.24, 2.45) is 4.99 Å². The molecular weight excluding hydrogens is 372 g/mol. The van der Waals surface area contributed by atoms with E-state index in [4.69, 9.17) is 4.42 Å². The molecule has 0 amide bonds. The zero-order valence-corrected chi connectivity index (χ0v) is 17.5. The van der Waals surface area contributed by atoms with Crippen LogP contribution in [0.25, 0.3) is 11.5 Å². The van der Waals surface area contributed by atoms with E-state index in [1.165, 1.54) is 5.56 Å². The van der Waals surface area contributed by atoms with Crippen LogP contribution in [0.15, 0.2) is 45.3 Å². The highest BCUT2D eigenvalue weighted by atomic mass is 32.1. The SMILES string of the molecule is CCNC(=NCc1csc(N(C)C)n1)NCc1coc(-c2ccc(C)cc2)n1. The fraction of sp³-hybridized carbons (Fsp3) is 0.350. The van der Waals surface area contributed by atoms with Crippen LogP contribution in [-0.2, 0) is 13.1 Å². The van der Waals surface area contributed by atoms with Gasteiger partial charge in [0.15, 0.2) is 11.1 Å². The van der Waals surface area contributed by atoms with Gasteiger partial charge >= 0.3 is 0 Å². The molecule has 0 saturated heterocycles. The minimum absolute atomic E-state index is 0.521. The largest absolute Gasteiger partial charge is 0.444 e. The van der Waals surface area contributed by atoms with E-state index in [0.717, 1.165) is 34.6 Å². The minimum Gasteiger partial charge on any atom is -0.444 e. The summed E-state index contributed by atoms with van der Waals surface area (Å²) in [5.74, 6) is 1.35. The summed E-state index contributed by atoms with van der Waals surface area (Å²) >= 11 is 1.62. The van der Waals surface area contributed by atoms with Gasteiger partial charge in [0.1, 0.15) is 6.26 Å². The van der Waals surface area contributed by atoms with Gasteiger partial charge in [-0.25, -0.2) is 15.0 Å². The normalized spacial score (nSPS) is 11.5. The Hall–Kier alpha value is -2.87. The summed E-state index contributed by atoms with van der Waals surface area (Å²) in [6, 6.07) is 8.13. The van der Waals surface area contributed by atoms with Crippen LogP contribution in [0.2, 0.25) is 0 Å². The van der Waals surface area contributed by atoms with Gasteiger partial charge in [0, 0.05) is 31.6 Å². The Morgan fingerprint density at radius 1 is 1.14 bits per heavy atom.